The Kier molecular flexibility index (Phi) is 11.4. The summed E-state index contributed by atoms with van der Waals surface area (Å²) < 4.78 is 0. The van der Waals surface area contributed by atoms with E-state index < -0.39 is 0 Å². The van der Waals surface area contributed by atoms with E-state index in [2.05, 4.69) is 0 Å². The van der Waals surface area contributed by atoms with Crippen LogP contribution >= 0.6 is 24.8 Å². The molecular formula is C6H18Cl2N2O. The zero-order chi connectivity index (χ0) is 7.49. The Morgan fingerprint density at radius 3 is 1.73 bits per heavy atom. The molecule has 0 aromatic heterocycles. The fourth-order valence-corrected chi connectivity index (χ4v) is 0.799. The second-order valence-corrected chi connectivity index (χ2v) is 3.12. The number of nitrogens with zero attached hydrogens (tertiary/aromatic N) is 1. The van der Waals surface area contributed by atoms with Crippen LogP contribution in [0.5, 0.6) is 0 Å². The van der Waals surface area contributed by atoms with Gasteiger partial charge in [-0.3, -0.25) is 4.84 Å². The summed E-state index contributed by atoms with van der Waals surface area (Å²) in [5, 5.41) is 0. The summed E-state index contributed by atoms with van der Waals surface area (Å²) in [6, 6.07) is 0. The molecule has 0 spiro atoms. The molecule has 0 aliphatic carbocycles. The summed E-state index contributed by atoms with van der Waals surface area (Å²) in [4.78, 5) is 6.74. The van der Waals surface area contributed by atoms with Gasteiger partial charge in [0.05, 0.1) is 5.60 Å². The molecule has 0 heterocycles. The van der Waals surface area contributed by atoms with Gasteiger partial charge in [0.15, 0.2) is 0 Å². The van der Waals surface area contributed by atoms with E-state index in [0.29, 0.717) is 0 Å². The molecule has 0 saturated heterocycles. The van der Waals surface area contributed by atoms with Crippen LogP contribution in [0, 0.1) is 0 Å². The lowest BCUT2D eigenvalue weighted by Gasteiger charge is -2.25. The average molecular weight is 205 g/mol. The molecule has 11 heavy (non-hydrogen) atoms. The van der Waals surface area contributed by atoms with E-state index in [9.17, 15) is 0 Å². The van der Waals surface area contributed by atoms with Crippen molar-refractivity contribution in [1.29, 1.82) is 0 Å². The minimum Gasteiger partial charge on any atom is -0.306 e. The van der Waals surface area contributed by atoms with Crippen LogP contribution in [0.3, 0.4) is 0 Å². The van der Waals surface area contributed by atoms with E-state index in [1.54, 1.807) is 0 Å². The van der Waals surface area contributed by atoms with Gasteiger partial charge in [-0.2, -0.15) is 0 Å². The third kappa shape index (κ3) is 10.5. The van der Waals surface area contributed by atoms with Gasteiger partial charge in [0.1, 0.15) is 0 Å². The standard InChI is InChI=1S/C6H16N2O.2ClH/c1-6(2,9-7)5-8(3)4;;/h5,7H2,1-4H3;2*1H. The van der Waals surface area contributed by atoms with Gasteiger partial charge < -0.3 is 4.90 Å². The summed E-state index contributed by atoms with van der Waals surface area (Å²) >= 11 is 0. The zero-order valence-electron chi connectivity index (χ0n) is 7.46. The minimum atomic E-state index is -0.233. The van der Waals surface area contributed by atoms with Crippen LogP contribution in [-0.4, -0.2) is 31.1 Å². The first-order valence-corrected chi connectivity index (χ1v) is 3.00. The lowest BCUT2D eigenvalue weighted by atomic mass is 10.1. The highest BCUT2D eigenvalue weighted by Crippen LogP contribution is 2.05. The third-order valence-corrected chi connectivity index (χ3v) is 1.02. The van der Waals surface area contributed by atoms with Crippen LogP contribution in [0.1, 0.15) is 13.8 Å². The molecule has 0 rings (SSSR count). The Morgan fingerprint density at radius 2 is 1.64 bits per heavy atom. The van der Waals surface area contributed by atoms with Gasteiger partial charge in [-0.1, -0.05) is 0 Å². The quantitative estimate of drug-likeness (QED) is 0.700. The van der Waals surface area contributed by atoms with Crippen LogP contribution in [0.4, 0.5) is 0 Å². The maximum atomic E-state index is 5.03. The van der Waals surface area contributed by atoms with Gasteiger partial charge in [0.2, 0.25) is 0 Å². The van der Waals surface area contributed by atoms with Gasteiger partial charge in [-0.15, -0.1) is 24.8 Å². The molecule has 72 valence electrons. The van der Waals surface area contributed by atoms with E-state index in [-0.39, 0.29) is 30.4 Å². The molecule has 0 aliphatic rings. The summed E-state index contributed by atoms with van der Waals surface area (Å²) in [7, 11) is 3.97. The lowest BCUT2D eigenvalue weighted by molar-refractivity contribution is -0.0345. The number of nitrogens with two attached hydrogens (primary N) is 1. The van der Waals surface area contributed by atoms with E-state index >= 15 is 0 Å². The maximum absolute atomic E-state index is 5.03. The average Bonchev–Trinajstić information content (AvgIpc) is 1.63. The van der Waals surface area contributed by atoms with E-state index in [0.717, 1.165) is 6.54 Å². The molecule has 3 nitrogen and oxygen atoms in total. The van der Waals surface area contributed by atoms with Crippen molar-refractivity contribution in [3.8, 4) is 0 Å². The van der Waals surface area contributed by atoms with Crippen LogP contribution in [-0.2, 0) is 4.84 Å². The molecule has 0 bridgehead atoms. The van der Waals surface area contributed by atoms with Crippen LogP contribution < -0.4 is 5.90 Å². The molecule has 0 unspecified atom stereocenters. The first kappa shape index (κ1) is 17.5. The Hall–Kier alpha value is 0.460. The third-order valence-electron chi connectivity index (χ3n) is 1.02. The number of halogens is 2. The summed E-state index contributed by atoms with van der Waals surface area (Å²) in [6.07, 6.45) is 0. The Morgan fingerprint density at radius 1 is 1.27 bits per heavy atom. The second kappa shape index (κ2) is 7.13. The summed E-state index contributed by atoms with van der Waals surface area (Å²) in [5.74, 6) is 5.03. The van der Waals surface area contributed by atoms with Crippen molar-refractivity contribution in [1.82, 2.24) is 4.90 Å². The van der Waals surface area contributed by atoms with Crippen molar-refractivity contribution in [3.05, 3.63) is 0 Å². The van der Waals surface area contributed by atoms with Crippen molar-refractivity contribution in [3.63, 3.8) is 0 Å². The normalized spacial score (nSPS) is 10.4. The SMILES string of the molecule is CN(C)CC(C)(C)ON.Cl.Cl. The highest BCUT2D eigenvalue weighted by molar-refractivity contribution is 5.85. The van der Waals surface area contributed by atoms with E-state index in [1.807, 2.05) is 32.8 Å². The van der Waals surface area contributed by atoms with Gasteiger partial charge in [-0.25, -0.2) is 5.90 Å². The number of rotatable bonds is 3. The first-order valence-electron chi connectivity index (χ1n) is 3.00. The fraction of sp³-hybridized carbons (Fsp3) is 1.00. The Bertz CT molecular complexity index is 88.7. The van der Waals surface area contributed by atoms with Crippen LogP contribution in [0.25, 0.3) is 0 Å². The molecule has 0 amide bonds. The van der Waals surface area contributed by atoms with Crippen molar-refractivity contribution < 1.29 is 4.84 Å². The van der Waals surface area contributed by atoms with Crippen molar-refractivity contribution in [2.45, 2.75) is 19.4 Å². The summed E-state index contributed by atoms with van der Waals surface area (Å²) in [6.45, 7) is 4.74. The Labute approximate surface area is 81.0 Å². The first-order chi connectivity index (χ1) is 3.98. The van der Waals surface area contributed by atoms with Gasteiger partial charge in [0, 0.05) is 6.54 Å². The second-order valence-electron chi connectivity index (χ2n) is 3.12. The van der Waals surface area contributed by atoms with Gasteiger partial charge in [0.25, 0.3) is 0 Å². The lowest BCUT2D eigenvalue weighted by Crippen LogP contribution is -2.39. The minimum absolute atomic E-state index is 0. The molecule has 0 saturated carbocycles. The van der Waals surface area contributed by atoms with Crippen molar-refractivity contribution >= 4 is 24.8 Å². The molecule has 0 aromatic rings. The number of hydrogen-bond donors (Lipinski definition) is 1. The molecule has 0 radical (unpaired) electrons. The predicted octanol–water partition coefficient (Wildman–Crippen LogP) is 1.06. The number of likely N-dealkylation sites (N-methyl/N-ethyl adjacent to an activating group) is 1. The smallest absolute Gasteiger partial charge is 0.0963 e. The molecule has 0 aromatic carbocycles. The Balaban J connectivity index is -0.000000320. The topological polar surface area (TPSA) is 38.5 Å². The molecule has 0 atom stereocenters. The molecule has 0 fully saturated rings. The largest absolute Gasteiger partial charge is 0.306 e. The highest BCUT2D eigenvalue weighted by atomic mass is 35.5. The molecule has 0 aliphatic heterocycles. The molecule has 5 heteroatoms. The predicted molar refractivity (Wildman–Crippen MR) is 52.4 cm³/mol. The van der Waals surface area contributed by atoms with Crippen LogP contribution in [0.2, 0.25) is 0 Å². The number of hydrogen-bond acceptors (Lipinski definition) is 3. The highest BCUT2D eigenvalue weighted by Gasteiger charge is 2.17. The molecular weight excluding hydrogens is 187 g/mol. The van der Waals surface area contributed by atoms with Crippen LogP contribution in [0.15, 0.2) is 0 Å². The monoisotopic (exact) mass is 204 g/mol. The maximum Gasteiger partial charge on any atom is 0.0963 e. The van der Waals surface area contributed by atoms with Crippen molar-refractivity contribution in [2.75, 3.05) is 20.6 Å². The summed E-state index contributed by atoms with van der Waals surface area (Å²) in [5.41, 5.74) is -0.233. The van der Waals surface area contributed by atoms with E-state index in [1.165, 1.54) is 0 Å². The van der Waals surface area contributed by atoms with Crippen molar-refractivity contribution in [2.24, 2.45) is 5.90 Å². The van der Waals surface area contributed by atoms with E-state index in [4.69, 9.17) is 10.7 Å². The molecule has 2 N–H and O–H groups in total. The fourth-order valence-electron chi connectivity index (χ4n) is 0.799. The van der Waals surface area contributed by atoms with Gasteiger partial charge in [-0.05, 0) is 27.9 Å². The van der Waals surface area contributed by atoms with Gasteiger partial charge >= 0.3 is 0 Å². The zero-order valence-corrected chi connectivity index (χ0v) is 9.09.